The van der Waals surface area contributed by atoms with Gasteiger partial charge in [-0.2, -0.15) is 8.62 Å². The molecule has 1 aromatic heterocycles. The second-order valence-corrected chi connectivity index (χ2v) is 11.0. The van der Waals surface area contributed by atoms with Gasteiger partial charge in [0.15, 0.2) is 0 Å². The Morgan fingerprint density at radius 3 is 2.38 bits per heavy atom. The Hall–Kier alpha value is -0.260. The molecule has 20 heteroatoms. The van der Waals surface area contributed by atoms with Crippen molar-refractivity contribution in [3.05, 3.63) is 30.6 Å². The van der Waals surface area contributed by atoms with E-state index in [9.17, 15) is 33.3 Å². The zero-order chi connectivity index (χ0) is 22.2. The van der Waals surface area contributed by atoms with Gasteiger partial charge in [0.2, 0.25) is 0 Å². The molecule has 1 aliphatic rings. The predicted molar refractivity (Wildman–Crippen MR) is 98.4 cm³/mol. The van der Waals surface area contributed by atoms with Gasteiger partial charge in [0.1, 0.15) is 12.3 Å². The summed E-state index contributed by atoms with van der Waals surface area (Å²) < 4.78 is 51.4. The van der Waals surface area contributed by atoms with Crippen molar-refractivity contribution >= 4 is 46.1 Å². The van der Waals surface area contributed by atoms with Gasteiger partial charge in [-0.05, 0) is 22.6 Å². The van der Waals surface area contributed by atoms with Crippen molar-refractivity contribution in [1.29, 1.82) is 0 Å². The molecule has 1 aromatic rings. The number of rotatable bonds is 8. The van der Waals surface area contributed by atoms with E-state index in [1.54, 1.807) is 22.6 Å². The lowest BCUT2D eigenvalue weighted by Crippen LogP contribution is -2.33. The maximum Gasteiger partial charge on any atom is 0.490 e. The lowest BCUT2D eigenvalue weighted by atomic mass is 10.2. The van der Waals surface area contributed by atoms with Crippen LogP contribution in [-0.4, -0.2) is 53.0 Å². The number of hydrogen-bond donors (Lipinski definition) is 6. The number of aromatic amines is 1. The summed E-state index contributed by atoms with van der Waals surface area (Å²) in [6.07, 6.45) is -2.70. The normalized spacial score (nSPS) is 26.8. The summed E-state index contributed by atoms with van der Waals surface area (Å²) in [6, 6.07) is 0. The van der Waals surface area contributed by atoms with Gasteiger partial charge in [-0.15, -0.1) is 0 Å². The fourth-order valence-electron chi connectivity index (χ4n) is 2.18. The topological polar surface area (TPSA) is 244 Å². The number of aromatic nitrogens is 2. The number of phosphoric ester groups is 1. The minimum atomic E-state index is -5.67. The summed E-state index contributed by atoms with van der Waals surface area (Å²) >= 11 is 1.66. The largest absolute Gasteiger partial charge is 0.490 e. The number of halogens is 1. The van der Waals surface area contributed by atoms with E-state index in [0.717, 1.165) is 4.57 Å². The Morgan fingerprint density at radius 1 is 1.17 bits per heavy atom. The van der Waals surface area contributed by atoms with Crippen LogP contribution in [0, 0.1) is 3.57 Å². The molecule has 0 aromatic carbocycles. The fraction of sp³-hybridized carbons (Fsp3) is 0.556. The number of nitrogens with one attached hydrogen (secondary N) is 1. The second kappa shape index (κ2) is 9.08. The lowest BCUT2D eigenvalue weighted by molar-refractivity contribution is -0.0450. The first-order valence-corrected chi connectivity index (χ1v) is 12.8. The molecular formula is C9H14IN2O14P3. The highest BCUT2D eigenvalue weighted by Crippen LogP contribution is 2.66. The maximum absolute atomic E-state index is 11.9. The summed E-state index contributed by atoms with van der Waals surface area (Å²) in [5, 5.41) is 9.98. The van der Waals surface area contributed by atoms with Gasteiger partial charge in [-0.3, -0.25) is 18.9 Å². The van der Waals surface area contributed by atoms with E-state index in [1.807, 2.05) is 4.98 Å². The van der Waals surface area contributed by atoms with E-state index in [0.29, 0.717) is 0 Å². The standard InChI is InChI=1S/C9H14IN2O14P3/c10-4-2-12(9(15)11-8(4)14)7-1-5(13)6(24-7)3-23-28(19,20)26-29(21,22)25-27(16,17)18/h2,5-7,13H,1,3H2,(H,19,20)(H,21,22)(H,11,14,15)(H2,16,17,18)/t5-,6+,7+/m0/s1. The van der Waals surface area contributed by atoms with E-state index in [2.05, 4.69) is 13.1 Å². The fourth-order valence-corrected chi connectivity index (χ4v) is 5.65. The molecule has 16 nitrogen and oxygen atoms in total. The van der Waals surface area contributed by atoms with Gasteiger partial charge >= 0.3 is 29.2 Å². The summed E-state index contributed by atoms with van der Waals surface area (Å²) in [5.74, 6) is 0. The quantitative estimate of drug-likeness (QED) is 0.158. The van der Waals surface area contributed by atoms with Crippen molar-refractivity contribution in [2.75, 3.05) is 6.61 Å². The molecule has 6 N–H and O–H groups in total. The maximum atomic E-state index is 11.9. The van der Waals surface area contributed by atoms with Crippen LogP contribution in [0.15, 0.2) is 15.8 Å². The monoisotopic (exact) mass is 594 g/mol. The van der Waals surface area contributed by atoms with Crippen LogP contribution in [0.3, 0.4) is 0 Å². The molecule has 5 atom stereocenters. The van der Waals surface area contributed by atoms with Crippen LogP contribution in [0.2, 0.25) is 0 Å². The number of nitrogens with zero attached hydrogens (tertiary/aromatic N) is 1. The first kappa shape index (κ1) is 25.0. The summed E-state index contributed by atoms with van der Waals surface area (Å²) in [4.78, 5) is 60.6. The molecule has 0 spiro atoms. The molecule has 0 radical (unpaired) electrons. The van der Waals surface area contributed by atoms with Crippen LogP contribution in [-0.2, 0) is 31.6 Å². The summed E-state index contributed by atoms with van der Waals surface area (Å²) in [6.45, 7) is -0.878. The third-order valence-corrected chi connectivity index (χ3v) is 7.83. The first-order valence-electron chi connectivity index (χ1n) is 7.21. The Labute approximate surface area is 174 Å². The molecule has 2 heterocycles. The molecule has 1 fully saturated rings. The highest BCUT2D eigenvalue weighted by molar-refractivity contribution is 14.1. The summed E-state index contributed by atoms with van der Waals surface area (Å²) in [7, 11) is -16.6. The van der Waals surface area contributed by atoms with Crippen molar-refractivity contribution in [3.8, 4) is 0 Å². The Kier molecular flexibility index (Phi) is 7.83. The van der Waals surface area contributed by atoms with Gasteiger partial charge in [-0.25, -0.2) is 18.5 Å². The zero-order valence-corrected chi connectivity index (χ0v) is 18.6. The second-order valence-electron chi connectivity index (χ2n) is 5.46. The Bertz CT molecular complexity index is 1020. The molecule has 0 saturated carbocycles. The minimum absolute atomic E-state index is 0.150. The van der Waals surface area contributed by atoms with Crippen LogP contribution in [0.1, 0.15) is 12.6 Å². The molecule has 0 aliphatic carbocycles. The van der Waals surface area contributed by atoms with Gasteiger partial charge in [0, 0.05) is 12.6 Å². The van der Waals surface area contributed by atoms with Crippen LogP contribution in [0.25, 0.3) is 0 Å². The highest BCUT2D eigenvalue weighted by Gasteiger charge is 2.42. The SMILES string of the molecule is O=c1[nH]c(=O)n([C@H]2C[C@H](O)[C@@H](COP(=O)(O)OP(=O)(O)OP(=O)(O)O)O2)cc1I. The van der Waals surface area contributed by atoms with Gasteiger partial charge in [0.05, 0.1) is 16.3 Å². The molecular weight excluding hydrogens is 580 g/mol. The molecule has 1 aliphatic heterocycles. The number of H-pyrrole nitrogens is 1. The molecule has 2 rings (SSSR count). The average molecular weight is 594 g/mol. The number of phosphoric acid groups is 3. The van der Waals surface area contributed by atoms with E-state index in [-0.39, 0.29) is 9.99 Å². The summed E-state index contributed by atoms with van der Waals surface area (Å²) in [5.41, 5.74) is -1.46. The van der Waals surface area contributed by atoms with Crippen molar-refractivity contribution in [1.82, 2.24) is 9.55 Å². The molecule has 2 unspecified atom stereocenters. The zero-order valence-electron chi connectivity index (χ0n) is 13.8. The molecule has 1 saturated heterocycles. The first-order chi connectivity index (χ1) is 13.1. The minimum Gasteiger partial charge on any atom is -0.390 e. The van der Waals surface area contributed by atoms with Gasteiger partial charge in [-0.1, -0.05) is 0 Å². The van der Waals surface area contributed by atoms with Crippen molar-refractivity contribution in [2.24, 2.45) is 0 Å². The third kappa shape index (κ3) is 7.43. The number of hydrogen-bond acceptors (Lipinski definition) is 10. The third-order valence-electron chi connectivity index (χ3n) is 3.26. The molecule has 0 bridgehead atoms. The average Bonchev–Trinajstić information content (AvgIpc) is 2.86. The van der Waals surface area contributed by atoms with Gasteiger partial charge in [0.25, 0.3) is 5.56 Å². The van der Waals surface area contributed by atoms with Gasteiger partial charge < -0.3 is 29.4 Å². The highest BCUT2D eigenvalue weighted by atomic mass is 127. The number of aliphatic hydroxyl groups is 1. The van der Waals surface area contributed by atoms with Crippen LogP contribution < -0.4 is 11.2 Å². The lowest BCUT2D eigenvalue weighted by Gasteiger charge is -2.19. The smallest absolute Gasteiger partial charge is 0.390 e. The van der Waals surface area contributed by atoms with Crippen molar-refractivity contribution in [3.63, 3.8) is 0 Å². The number of aliphatic hydroxyl groups excluding tert-OH is 1. The van der Waals surface area contributed by atoms with Crippen LogP contribution >= 0.6 is 46.1 Å². The van der Waals surface area contributed by atoms with Crippen molar-refractivity contribution < 1.29 is 56.3 Å². The van der Waals surface area contributed by atoms with Crippen LogP contribution in [0.5, 0.6) is 0 Å². The number of ether oxygens (including phenoxy) is 1. The Balaban J connectivity index is 2.03. The van der Waals surface area contributed by atoms with E-state index >= 15 is 0 Å². The van der Waals surface area contributed by atoms with E-state index in [1.165, 1.54) is 6.20 Å². The van der Waals surface area contributed by atoms with Crippen LogP contribution in [0.4, 0.5) is 0 Å². The van der Waals surface area contributed by atoms with Crippen molar-refractivity contribution in [2.45, 2.75) is 24.9 Å². The predicted octanol–water partition coefficient (Wildman–Crippen LogP) is -0.867. The van der Waals surface area contributed by atoms with E-state index < -0.39 is 59.8 Å². The Morgan fingerprint density at radius 2 is 1.79 bits per heavy atom. The molecule has 0 amide bonds. The molecule has 166 valence electrons. The van der Waals surface area contributed by atoms with E-state index in [4.69, 9.17) is 19.4 Å². The molecule has 29 heavy (non-hydrogen) atoms.